The van der Waals surface area contributed by atoms with Gasteiger partial charge in [0.05, 0.1) is 11.7 Å². The number of aryl methyl sites for hydroxylation is 1. The molecule has 0 aromatic heterocycles. The van der Waals surface area contributed by atoms with Gasteiger partial charge in [0.2, 0.25) is 0 Å². The Balaban J connectivity index is 2.14. The fourth-order valence-corrected chi connectivity index (χ4v) is 4.33. The molecule has 0 fully saturated rings. The van der Waals surface area contributed by atoms with E-state index in [1.54, 1.807) is 12.1 Å². The molecule has 1 aliphatic heterocycles. The summed E-state index contributed by atoms with van der Waals surface area (Å²) in [6, 6.07) is 9.61. The Kier molecular flexibility index (Phi) is 3.81. The Hall–Kier alpha value is -2.41. The maximum Gasteiger partial charge on any atom is 0.267 e. The van der Waals surface area contributed by atoms with Crippen molar-refractivity contribution in [1.82, 2.24) is 0 Å². The van der Waals surface area contributed by atoms with Gasteiger partial charge in [-0.15, -0.1) is 0 Å². The summed E-state index contributed by atoms with van der Waals surface area (Å²) in [6.45, 7) is 0.217. The van der Waals surface area contributed by atoms with Gasteiger partial charge in [-0.2, -0.15) is 0 Å². The van der Waals surface area contributed by atoms with Crippen LogP contribution >= 0.6 is 0 Å². The highest BCUT2D eigenvalue weighted by Gasteiger charge is 2.31. The predicted molar refractivity (Wildman–Crippen MR) is 80.0 cm³/mol. The van der Waals surface area contributed by atoms with E-state index in [1.807, 2.05) is 12.1 Å². The van der Waals surface area contributed by atoms with Gasteiger partial charge in [0.1, 0.15) is 10.7 Å². The van der Waals surface area contributed by atoms with Gasteiger partial charge in [-0.3, -0.25) is 4.31 Å². The number of benzene rings is 2. The van der Waals surface area contributed by atoms with Crippen molar-refractivity contribution in [3.05, 3.63) is 59.4 Å². The molecule has 3 rings (SSSR count). The zero-order valence-corrected chi connectivity index (χ0v) is 12.8. The normalized spacial score (nSPS) is 14.4. The highest BCUT2D eigenvalue weighted by molar-refractivity contribution is 7.92. The molecule has 0 saturated carbocycles. The molecule has 2 aromatic carbocycles. The van der Waals surface area contributed by atoms with Crippen LogP contribution in [-0.2, 0) is 16.4 Å². The zero-order valence-electron chi connectivity index (χ0n) is 12.0. The molecular weight excluding hydrogens is 321 g/mol. The third kappa shape index (κ3) is 2.68. The molecule has 0 spiro atoms. The first-order chi connectivity index (χ1) is 10.9. The van der Waals surface area contributed by atoms with Gasteiger partial charge in [-0.05, 0) is 42.2 Å². The van der Waals surface area contributed by atoms with Crippen molar-refractivity contribution >= 4 is 21.7 Å². The molecule has 120 valence electrons. The van der Waals surface area contributed by atoms with E-state index in [0.717, 1.165) is 34.5 Å². The van der Waals surface area contributed by atoms with Crippen molar-refractivity contribution in [3.63, 3.8) is 0 Å². The number of anilines is 1. The van der Waals surface area contributed by atoms with Crippen molar-refractivity contribution in [1.29, 1.82) is 0 Å². The number of hydrogen-bond donors (Lipinski definition) is 0. The van der Waals surface area contributed by atoms with Crippen LogP contribution in [0.1, 0.15) is 22.3 Å². The largest absolute Gasteiger partial charge is 0.545 e. The molecule has 0 saturated heterocycles. The first kappa shape index (κ1) is 15.5. The average molecular weight is 334 g/mol. The number of carbonyl (C=O) groups is 1. The summed E-state index contributed by atoms with van der Waals surface area (Å²) in [7, 11) is -4.19. The molecule has 2 aromatic rings. The number of carbonyl (C=O) groups excluding carboxylic acids is 1. The van der Waals surface area contributed by atoms with Gasteiger partial charge >= 0.3 is 0 Å². The van der Waals surface area contributed by atoms with Gasteiger partial charge in [-0.1, -0.05) is 24.3 Å². The molecule has 0 unspecified atom stereocenters. The lowest BCUT2D eigenvalue weighted by Crippen LogP contribution is -2.36. The second kappa shape index (κ2) is 5.66. The topological polar surface area (TPSA) is 77.5 Å². The average Bonchev–Trinajstić information content (AvgIpc) is 2.54. The van der Waals surface area contributed by atoms with Crippen LogP contribution in [0.3, 0.4) is 0 Å². The summed E-state index contributed by atoms with van der Waals surface area (Å²) < 4.78 is 40.8. The van der Waals surface area contributed by atoms with Crippen LogP contribution in [0.2, 0.25) is 0 Å². The molecule has 1 aliphatic rings. The Morgan fingerprint density at radius 2 is 1.91 bits per heavy atom. The second-order valence-corrected chi connectivity index (χ2v) is 7.07. The number of halogens is 1. The summed E-state index contributed by atoms with van der Waals surface area (Å²) in [4.78, 5) is 10.3. The van der Waals surface area contributed by atoms with E-state index in [9.17, 15) is 22.7 Å². The summed E-state index contributed by atoms with van der Waals surface area (Å²) in [5, 5.41) is 10.9. The van der Waals surface area contributed by atoms with Crippen LogP contribution in [0.25, 0.3) is 0 Å². The number of aromatic carboxylic acids is 1. The molecule has 0 aliphatic carbocycles. The molecular formula is C16H13FNO4S-. The highest BCUT2D eigenvalue weighted by Crippen LogP contribution is 2.32. The number of carboxylic acid groups (broad SMARTS) is 1. The summed E-state index contributed by atoms with van der Waals surface area (Å²) in [5.41, 5.74) is 0.978. The molecule has 7 heteroatoms. The van der Waals surface area contributed by atoms with Crippen molar-refractivity contribution in [2.75, 3.05) is 10.8 Å². The molecule has 0 radical (unpaired) electrons. The van der Waals surface area contributed by atoms with E-state index < -0.39 is 26.7 Å². The lowest BCUT2D eigenvalue weighted by atomic mass is 10.0. The van der Waals surface area contributed by atoms with Crippen molar-refractivity contribution in [3.8, 4) is 0 Å². The first-order valence-corrected chi connectivity index (χ1v) is 8.47. The van der Waals surface area contributed by atoms with Crippen LogP contribution in [0.5, 0.6) is 0 Å². The van der Waals surface area contributed by atoms with Crippen LogP contribution in [0.15, 0.2) is 47.4 Å². The lowest BCUT2D eigenvalue weighted by Gasteiger charge is -2.30. The summed E-state index contributed by atoms with van der Waals surface area (Å²) >= 11 is 0. The van der Waals surface area contributed by atoms with Crippen molar-refractivity contribution in [2.45, 2.75) is 17.7 Å². The fourth-order valence-electron chi connectivity index (χ4n) is 2.70. The minimum Gasteiger partial charge on any atom is -0.545 e. The molecule has 1 heterocycles. The fraction of sp³-hybridized carbons (Fsp3) is 0.188. The predicted octanol–water partition coefficient (Wildman–Crippen LogP) is 1.33. The van der Waals surface area contributed by atoms with Crippen LogP contribution < -0.4 is 9.41 Å². The maximum absolute atomic E-state index is 14.0. The summed E-state index contributed by atoms with van der Waals surface area (Å²) in [5.74, 6) is -2.54. The minimum atomic E-state index is -4.19. The molecule has 0 N–H and O–H groups in total. The number of sulfonamides is 1. The Labute approximate surface area is 133 Å². The van der Waals surface area contributed by atoms with Crippen molar-refractivity contribution in [2.24, 2.45) is 0 Å². The van der Waals surface area contributed by atoms with Gasteiger partial charge < -0.3 is 9.90 Å². The Morgan fingerprint density at radius 1 is 1.17 bits per heavy atom. The third-order valence-corrected chi connectivity index (χ3v) is 5.63. The van der Waals surface area contributed by atoms with E-state index in [0.29, 0.717) is 12.1 Å². The number of para-hydroxylation sites is 1. The van der Waals surface area contributed by atoms with Crippen LogP contribution in [0.4, 0.5) is 10.1 Å². The number of carboxylic acids is 1. The van der Waals surface area contributed by atoms with Gasteiger partial charge in [-0.25, -0.2) is 12.8 Å². The van der Waals surface area contributed by atoms with Gasteiger partial charge in [0, 0.05) is 6.54 Å². The molecule has 5 nitrogen and oxygen atoms in total. The van der Waals surface area contributed by atoms with E-state index >= 15 is 0 Å². The zero-order chi connectivity index (χ0) is 16.6. The number of fused-ring (bicyclic) bond motifs is 1. The number of nitrogens with zero attached hydrogens (tertiary/aromatic N) is 1. The van der Waals surface area contributed by atoms with Crippen molar-refractivity contribution < 1.29 is 22.7 Å². The van der Waals surface area contributed by atoms with E-state index in [-0.39, 0.29) is 12.1 Å². The van der Waals surface area contributed by atoms with Gasteiger partial charge in [0.15, 0.2) is 0 Å². The lowest BCUT2D eigenvalue weighted by molar-refractivity contribution is -0.255. The standard InChI is InChI=1S/C16H14FNO4S/c17-13-8-7-12(16(19)20)10-15(13)23(21,22)18-9-3-5-11-4-1-2-6-14(11)18/h1-2,4,6-8,10H,3,5,9H2,(H,19,20)/p-1. The maximum atomic E-state index is 14.0. The van der Waals surface area contributed by atoms with E-state index in [4.69, 9.17) is 0 Å². The first-order valence-electron chi connectivity index (χ1n) is 7.03. The highest BCUT2D eigenvalue weighted by atomic mass is 32.2. The van der Waals surface area contributed by atoms with E-state index in [1.165, 1.54) is 0 Å². The minimum absolute atomic E-state index is 0.217. The SMILES string of the molecule is O=C([O-])c1ccc(F)c(S(=O)(=O)N2CCCc3ccccc32)c1. The second-order valence-electron chi connectivity index (χ2n) is 5.24. The molecule has 0 atom stereocenters. The number of hydrogen-bond acceptors (Lipinski definition) is 4. The van der Waals surface area contributed by atoms with Crippen LogP contribution in [-0.4, -0.2) is 20.9 Å². The molecule has 0 amide bonds. The molecule has 0 bridgehead atoms. The summed E-state index contributed by atoms with van der Waals surface area (Å²) in [6.07, 6.45) is 1.35. The monoisotopic (exact) mass is 334 g/mol. The number of rotatable bonds is 3. The smallest absolute Gasteiger partial charge is 0.267 e. The Morgan fingerprint density at radius 3 is 2.65 bits per heavy atom. The van der Waals surface area contributed by atoms with Gasteiger partial charge in [0.25, 0.3) is 10.0 Å². The quantitative estimate of drug-likeness (QED) is 0.848. The third-order valence-electron chi connectivity index (χ3n) is 3.80. The Bertz CT molecular complexity index is 879. The van der Waals surface area contributed by atoms with E-state index in [2.05, 4.69) is 0 Å². The molecule has 23 heavy (non-hydrogen) atoms. The van der Waals surface area contributed by atoms with Crippen LogP contribution in [0, 0.1) is 5.82 Å².